The fraction of sp³-hybridized carbons (Fsp3) is 0.700. The van der Waals surface area contributed by atoms with Gasteiger partial charge in [0.15, 0.2) is 0 Å². The van der Waals surface area contributed by atoms with E-state index in [0.29, 0.717) is 5.92 Å². The van der Waals surface area contributed by atoms with Gasteiger partial charge in [0, 0.05) is 0 Å². The van der Waals surface area contributed by atoms with E-state index in [1.165, 1.54) is 50.2 Å². The molecule has 0 heterocycles. The van der Waals surface area contributed by atoms with Gasteiger partial charge in [-0.05, 0) is 66.7 Å². The Morgan fingerprint density at radius 3 is 2.38 bits per heavy atom. The average molecular weight is 340 g/mol. The van der Waals surface area contributed by atoms with E-state index in [1.54, 1.807) is 6.07 Å². The number of alkyl halides is 3. The van der Waals surface area contributed by atoms with E-state index >= 15 is 0 Å². The third-order valence-corrected chi connectivity index (χ3v) is 5.86. The predicted octanol–water partition coefficient (Wildman–Crippen LogP) is 6.30. The molecular weight excluding hydrogens is 313 g/mol. The molecule has 2 aliphatic carbocycles. The molecule has 0 aliphatic heterocycles. The normalized spacial score (nSPS) is 27.6. The van der Waals surface area contributed by atoms with Crippen molar-refractivity contribution in [1.82, 2.24) is 0 Å². The summed E-state index contributed by atoms with van der Waals surface area (Å²) in [6, 6.07) is 4.85. The molecule has 1 nitrogen and oxygen atoms in total. The Morgan fingerprint density at radius 1 is 0.958 bits per heavy atom. The first-order valence-corrected chi connectivity index (χ1v) is 9.26. The third-order valence-electron chi connectivity index (χ3n) is 5.86. The van der Waals surface area contributed by atoms with Gasteiger partial charge in [-0.2, -0.15) is 0 Å². The van der Waals surface area contributed by atoms with Crippen LogP contribution in [0.25, 0.3) is 0 Å². The minimum atomic E-state index is -4.61. The van der Waals surface area contributed by atoms with Crippen molar-refractivity contribution in [3.8, 4) is 5.75 Å². The highest BCUT2D eigenvalue weighted by atomic mass is 19.4. The number of rotatable bonds is 4. The van der Waals surface area contributed by atoms with Gasteiger partial charge in [-0.15, -0.1) is 13.2 Å². The summed E-state index contributed by atoms with van der Waals surface area (Å²) in [7, 11) is 0. The van der Waals surface area contributed by atoms with Crippen LogP contribution in [0.4, 0.5) is 13.2 Å². The number of hydrogen-bond acceptors (Lipinski definition) is 1. The molecule has 1 atom stereocenters. The van der Waals surface area contributed by atoms with Crippen LogP contribution in [0.5, 0.6) is 5.75 Å². The van der Waals surface area contributed by atoms with E-state index in [0.717, 1.165) is 36.7 Å². The summed E-state index contributed by atoms with van der Waals surface area (Å²) in [5, 5.41) is 0. The quantitative estimate of drug-likeness (QED) is 0.625. The molecule has 0 saturated heterocycles. The van der Waals surface area contributed by atoms with Crippen molar-refractivity contribution >= 4 is 0 Å². The maximum atomic E-state index is 12.3. The molecule has 1 aromatic rings. The highest BCUT2D eigenvalue weighted by Crippen LogP contribution is 2.36. The van der Waals surface area contributed by atoms with E-state index in [9.17, 15) is 13.2 Å². The third kappa shape index (κ3) is 4.90. The largest absolute Gasteiger partial charge is 0.573 e. The second kappa shape index (κ2) is 7.37. The molecule has 1 aromatic carbocycles. The first-order chi connectivity index (χ1) is 11.4. The lowest BCUT2D eigenvalue weighted by atomic mass is 9.76. The Balaban J connectivity index is 1.51. The maximum Gasteiger partial charge on any atom is 0.573 e. The van der Waals surface area contributed by atoms with E-state index in [2.05, 4.69) is 11.7 Å². The summed E-state index contributed by atoms with van der Waals surface area (Å²) < 4.78 is 41.0. The number of halogens is 3. The zero-order valence-corrected chi connectivity index (χ0v) is 14.4. The van der Waals surface area contributed by atoms with Gasteiger partial charge in [-0.3, -0.25) is 0 Å². The highest BCUT2D eigenvalue weighted by molar-refractivity contribution is 5.37. The highest BCUT2D eigenvalue weighted by Gasteiger charge is 2.31. The van der Waals surface area contributed by atoms with Crippen LogP contribution in [0.15, 0.2) is 18.2 Å². The smallest absolute Gasteiger partial charge is 0.406 e. The predicted molar refractivity (Wildman–Crippen MR) is 89.0 cm³/mol. The van der Waals surface area contributed by atoms with Crippen molar-refractivity contribution in [2.75, 3.05) is 0 Å². The van der Waals surface area contributed by atoms with Crippen LogP contribution in [0, 0.1) is 17.8 Å². The molecule has 0 bridgehead atoms. The van der Waals surface area contributed by atoms with Crippen LogP contribution in [-0.2, 0) is 12.8 Å². The molecule has 3 rings (SSSR count). The number of ether oxygens (including phenoxy) is 1. The SMILES string of the molecule is CC1CCC(CCC2CCc3cc(OC(F)(F)F)ccc3C2)CC1. The molecule has 1 unspecified atom stereocenters. The van der Waals surface area contributed by atoms with E-state index < -0.39 is 6.36 Å². The van der Waals surface area contributed by atoms with Crippen molar-refractivity contribution in [2.45, 2.75) is 71.1 Å². The first kappa shape index (κ1) is 17.6. The Kier molecular flexibility index (Phi) is 5.41. The molecule has 0 aromatic heterocycles. The molecule has 2 aliphatic rings. The molecule has 0 spiro atoms. The van der Waals surface area contributed by atoms with Gasteiger partial charge < -0.3 is 4.74 Å². The van der Waals surface area contributed by atoms with Crippen LogP contribution in [0.2, 0.25) is 0 Å². The Hall–Kier alpha value is -1.19. The van der Waals surface area contributed by atoms with E-state index in [4.69, 9.17) is 0 Å². The molecule has 24 heavy (non-hydrogen) atoms. The summed E-state index contributed by atoms with van der Waals surface area (Å²) in [6.45, 7) is 2.35. The van der Waals surface area contributed by atoms with Crippen LogP contribution in [-0.4, -0.2) is 6.36 Å². The molecule has 4 heteroatoms. The Labute approximate surface area is 142 Å². The zero-order valence-electron chi connectivity index (χ0n) is 14.4. The second-order valence-electron chi connectivity index (χ2n) is 7.79. The minimum Gasteiger partial charge on any atom is -0.406 e. The first-order valence-electron chi connectivity index (χ1n) is 9.26. The minimum absolute atomic E-state index is 0.0870. The van der Waals surface area contributed by atoms with Gasteiger partial charge in [0.05, 0.1) is 0 Å². The van der Waals surface area contributed by atoms with Crippen molar-refractivity contribution in [3.05, 3.63) is 29.3 Å². The average Bonchev–Trinajstić information content (AvgIpc) is 2.53. The van der Waals surface area contributed by atoms with Gasteiger partial charge >= 0.3 is 6.36 Å². The summed E-state index contributed by atoms with van der Waals surface area (Å²) in [6.07, 6.45) is 6.45. The van der Waals surface area contributed by atoms with Gasteiger partial charge in [0.25, 0.3) is 0 Å². The van der Waals surface area contributed by atoms with Gasteiger partial charge in [0.2, 0.25) is 0 Å². The van der Waals surface area contributed by atoms with Crippen molar-refractivity contribution < 1.29 is 17.9 Å². The summed E-state index contributed by atoms with van der Waals surface area (Å²) in [5.74, 6) is 2.39. The van der Waals surface area contributed by atoms with Crippen LogP contribution < -0.4 is 4.74 Å². The molecule has 0 N–H and O–H groups in total. The lowest BCUT2D eigenvalue weighted by molar-refractivity contribution is -0.274. The van der Waals surface area contributed by atoms with Gasteiger partial charge in [-0.1, -0.05) is 45.1 Å². The second-order valence-corrected chi connectivity index (χ2v) is 7.79. The summed E-state index contributed by atoms with van der Waals surface area (Å²) in [4.78, 5) is 0. The maximum absolute atomic E-state index is 12.3. The number of hydrogen-bond donors (Lipinski definition) is 0. The zero-order chi connectivity index (χ0) is 17.2. The number of aryl methyl sites for hydroxylation is 1. The molecule has 1 saturated carbocycles. The number of benzene rings is 1. The lowest BCUT2D eigenvalue weighted by Gasteiger charge is -2.29. The molecule has 0 radical (unpaired) electrons. The van der Waals surface area contributed by atoms with Crippen LogP contribution in [0.1, 0.15) is 63.0 Å². The molecule has 134 valence electrons. The van der Waals surface area contributed by atoms with Crippen molar-refractivity contribution in [3.63, 3.8) is 0 Å². The molecule has 0 amide bonds. The molecule has 1 fully saturated rings. The molecular formula is C20H27F3O. The van der Waals surface area contributed by atoms with E-state index in [1.807, 2.05) is 6.07 Å². The summed E-state index contributed by atoms with van der Waals surface area (Å²) in [5.41, 5.74) is 2.23. The van der Waals surface area contributed by atoms with Gasteiger partial charge in [-0.25, -0.2) is 0 Å². The fourth-order valence-electron chi connectivity index (χ4n) is 4.34. The lowest BCUT2D eigenvalue weighted by Crippen LogP contribution is -2.19. The Morgan fingerprint density at radius 2 is 1.67 bits per heavy atom. The van der Waals surface area contributed by atoms with Crippen molar-refractivity contribution in [2.24, 2.45) is 17.8 Å². The summed E-state index contributed by atoms with van der Waals surface area (Å²) >= 11 is 0. The Bertz CT molecular complexity index is 544. The van der Waals surface area contributed by atoms with Crippen LogP contribution >= 0.6 is 0 Å². The topological polar surface area (TPSA) is 9.23 Å². The number of fused-ring (bicyclic) bond motifs is 1. The fourth-order valence-corrected chi connectivity index (χ4v) is 4.34. The van der Waals surface area contributed by atoms with Crippen LogP contribution in [0.3, 0.4) is 0 Å². The monoisotopic (exact) mass is 340 g/mol. The standard InChI is InChI=1S/C20H27F3O/c1-14-2-4-15(5-3-14)6-7-16-8-9-18-13-19(24-20(21,22)23)11-10-17(18)12-16/h10-11,13-16H,2-9,12H2,1H3. The van der Waals surface area contributed by atoms with Gasteiger partial charge in [0.1, 0.15) is 5.75 Å². The van der Waals surface area contributed by atoms with E-state index in [-0.39, 0.29) is 5.75 Å². The van der Waals surface area contributed by atoms with Crippen molar-refractivity contribution in [1.29, 1.82) is 0 Å².